The van der Waals surface area contributed by atoms with E-state index in [-0.39, 0.29) is 0 Å². The highest BCUT2D eigenvalue weighted by Crippen LogP contribution is 2.28. The number of hydrogen-bond acceptors (Lipinski definition) is 5. The minimum absolute atomic E-state index is 0.588. The molecule has 5 nitrogen and oxygen atoms in total. The monoisotopic (exact) mass is 425 g/mol. The molecule has 0 aromatic heterocycles. The van der Waals surface area contributed by atoms with E-state index in [1.54, 1.807) is 13.3 Å². The van der Waals surface area contributed by atoms with E-state index < -0.39 is 0 Å². The molecule has 0 N–H and O–H groups in total. The summed E-state index contributed by atoms with van der Waals surface area (Å²) >= 11 is 0. The van der Waals surface area contributed by atoms with Gasteiger partial charge in [0.2, 0.25) is 0 Å². The van der Waals surface area contributed by atoms with E-state index in [0.717, 1.165) is 54.1 Å². The maximum atomic E-state index is 6.04. The van der Waals surface area contributed by atoms with Gasteiger partial charge in [-0.1, -0.05) is 29.4 Å². The Kier molecular flexibility index (Phi) is 11.1. The first-order valence-electron chi connectivity index (χ1n) is 10.9. The predicted octanol–water partition coefficient (Wildman–Crippen LogP) is 6.06. The zero-order valence-corrected chi connectivity index (χ0v) is 19.2. The molecule has 0 heterocycles. The van der Waals surface area contributed by atoms with Crippen LogP contribution in [-0.4, -0.2) is 33.1 Å². The number of aryl methyl sites for hydroxylation is 2. The average Bonchev–Trinajstić information content (AvgIpc) is 2.76. The number of oxime groups is 1. The number of ether oxygens (including phenoxy) is 3. The Labute approximate surface area is 186 Å². The van der Waals surface area contributed by atoms with E-state index in [0.29, 0.717) is 19.8 Å². The number of benzene rings is 2. The van der Waals surface area contributed by atoms with E-state index in [2.05, 4.69) is 23.8 Å². The van der Waals surface area contributed by atoms with E-state index in [1.165, 1.54) is 5.56 Å². The van der Waals surface area contributed by atoms with Crippen LogP contribution in [0.4, 0.5) is 0 Å². The summed E-state index contributed by atoms with van der Waals surface area (Å²) in [5, 5.41) is 3.75. The number of allylic oxidation sites excluding steroid dienone is 1. The summed E-state index contributed by atoms with van der Waals surface area (Å²) in [4.78, 5) is 4.67. The standard InChI is InChI=1S/C26H35NO4/c1-5-6-16-30-25-19-21(2)26(22(3)20-25)31-18-9-7-8-17-29-24-12-10-23(11-13-24)14-15-27-28-4/h5-6,10-13,15,19-20H,7-9,14,16-18H2,1-4H3/b6-5+,27-15+. The third kappa shape index (κ3) is 9.16. The molecule has 0 saturated heterocycles. The van der Waals surface area contributed by atoms with Gasteiger partial charge in [-0.2, -0.15) is 0 Å². The highest BCUT2D eigenvalue weighted by atomic mass is 16.6. The van der Waals surface area contributed by atoms with Gasteiger partial charge in [0.15, 0.2) is 0 Å². The second-order valence-electron chi connectivity index (χ2n) is 7.34. The van der Waals surface area contributed by atoms with Gasteiger partial charge in [0.05, 0.1) is 13.2 Å². The van der Waals surface area contributed by atoms with Crippen LogP contribution in [0.5, 0.6) is 17.2 Å². The van der Waals surface area contributed by atoms with Gasteiger partial charge >= 0.3 is 0 Å². The first-order chi connectivity index (χ1) is 15.1. The molecule has 0 atom stereocenters. The number of nitrogens with zero attached hydrogens (tertiary/aromatic N) is 1. The Hall–Kier alpha value is -2.95. The third-order valence-electron chi connectivity index (χ3n) is 4.75. The highest BCUT2D eigenvalue weighted by Gasteiger charge is 2.07. The molecule has 5 heteroatoms. The van der Waals surface area contributed by atoms with Crippen LogP contribution in [0.25, 0.3) is 0 Å². The summed E-state index contributed by atoms with van der Waals surface area (Å²) in [6, 6.07) is 12.2. The lowest BCUT2D eigenvalue weighted by molar-refractivity contribution is 0.215. The zero-order valence-electron chi connectivity index (χ0n) is 19.2. The normalized spacial score (nSPS) is 11.2. The van der Waals surface area contributed by atoms with Crippen molar-refractivity contribution in [3.8, 4) is 17.2 Å². The molecule has 0 radical (unpaired) electrons. The first-order valence-corrected chi connectivity index (χ1v) is 10.9. The molecule has 0 aliphatic carbocycles. The molecule has 2 aromatic rings. The second kappa shape index (κ2) is 14.1. The average molecular weight is 426 g/mol. The van der Waals surface area contributed by atoms with Gasteiger partial charge in [0.25, 0.3) is 0 Å². The highest BCUT2D eigenvalue weighted by molar-refractivity contribution is 5.60. The van der Waals surface area contributed by atoms with Gasteiger partial charge in [0.1, 0.15) is 31.0 Å². The molecule has 168 valence electrons. The molecule has 2 aromatic carbocycles. The van der Waals surface area contributed by atoms with Crippen LogP contribution in [0.1, 0.15) is 42.9 Å². The summed E-state index contributed by atoms with van der Waals surface area (Å²) in [5.74, 6) is 2.74. The third-order valence-corrected chi connectivity index (χ3v) is 4.75. The fourth-order valence-corrected chi connectivity index (χ4v) is 3.15. The Morgan fingerprint density at radius 1 is 0.839 bits per heavy atom. The van der Waals surface area contributed by atoms with Crippen LogP contribution >= 0.6 is 0 Å². The van der Waals surface area contributed by atoms with Crippen LogP contribution in [0, 0.1) is 13.8 Å². The van der Waals surface area contributed by atoms with Crippen molar-refractivity contribution in [2.75, 3.05) is 26.9 Å². The zero-order chi connectivity index (χ0) is 22.3. The maximum absolute atomic E-state index is 6.04. The summed E-state index contributed by atoms with van der Waals surface area (Å²) in [7, 11) is 1.54. The van der Waals surface area contributed by atoms with Crippen molar-refractivity contribution in [3.05, 3.63) is 65.2 Å². The van der Waals surface area contributed by atoms with Gasteiger partial charge in [-0.15, -0.1) is 0 Å². The van der Waals surface area contributed by atoms with Gasteiger partial charge in [0, 0.05) is 12.6 Å². The fraction of sp³-hybridized carbons (Fsp3) is 0.423. The molecule has 0 unspecified atom stereocenters. The van der Waals surface area contributed by atoms with Crippen molar-refractivity contribution >= 4 is 6.21 Å². The molecule has 0 aliphatic rings. The molecular formula is C26H35NO4. The smallest absolute Gasteiger partial charge is 0.125 e. The molecule has 0 amide bonds. The van der Waals surface area contributed by atoms with Gasteiger partial charge in [-0.05, 0) is 81.0 Å². The van der Waals surface area contributed by atoms with Crippen molar-refractivity contribution in [2.24, 2.45) is 5.16 Å². The SMILES string of the molecule is C/C=C/COc1cc(C)c(OCCCCCOc2ccc(C/C=N/OC)cc2)c(C)c1. The van der Waals surface area contributed by atoms with Crippen LogP contribution in [0.15, 0.2) is 53.7 Å². The Balaban J connectivity index is 1.63. The van der Waals surface area contributed by atoms with Crippen LogP contribution in [0.3, 0.4) is 0 Å². The van der Waals surface area contributed by atoms with E-state index >= 15 is 0 Å². The first kappa shape index (κ1) is 24.3. The lowest BCUT2D eigenvalue weighted by Crippen LogP contribution is -2.03. The lowest BCUT2D eigenvalue weighted by atomic mass is 10.1. The summed E-state index contributed by atoms with van der Waals surface area (Å²) in [6.45, 7) is 8.12. The van der Waals surface area contributed by atoms with Crippen LogP contribution < -0.4 is 14.2 Å². The lowest BCUT2D eigenvalue weighted by Gasteiger charge is -2.14. The van der Waals surface area contributed by atoms with Crippen molar-refractivity contribution < 1.29 is 19.0 Å². The number of rotatable bonds is 14. The topological polar surface area (TPSA) is 49.3 Å². The molecule has 2 rings (SSSR count). The van der Waals surface area contributed by atoms with Gasteiger partial charge in [-0.3, -0.25) is 0 Å². The van der Waals surface area contributed by atoms with Crippen LogP contribution in [-0.2, 0) is 11.3 Å². The molecule has 0 aliphatic heterocycles. The minimum atomic E-state index is 0.588. The Morgan fingerprint density at radius 2 is 1.52 bits per heavy atom. The molecule has 31 heavy (non-hydrogen) atoms. The second-order valence-corrected chi connectivity index (χ2v) is 7.34. The predicted molar refractivity (Wildman–Crippen MR) is 127 cm³/mol. The number of hydrogen-bond donors (Lipinski definition) is 0. The quantitative estimate of drug-likeness (QED) is 0.160. The van der Waals surface area contributed by atoms with E-state index in [4.69, 9.17) is 14.2 Å². The van der Waals surface area contributed by atoms with Crippen molar-refractivity contribution in [3.63, 3.8) is 0 Å². The van der Waals surface area contributed by atoms with Crippen molar-refractivity contribution in [1.29, 1.82) is 0 Å². The fourth-order valence-electron chi connectivity index (χ4n) is 3.15. The molecule has 0 fully saturated rings. The largest absolute Gasteiger partial charge is 0.494 e. The van der Waals surface area contributed by atoms with E-state index in [1.807, 2.05) is 55.5 Å². The molecule has 0 bridgehead atoms. The molecule has 0 spiro atoms. The van der Waals surface area contributed by atoms with Gasteiger partial charge in [-0.25, -0.2) is 0 Å². The summed E-state index contributed by atoms with van der Waals surface area (Å²) in [5.41, 5.74) is 3.39. The number of unbranched alkanes of at least 4 members (excludes halogenated alkanes) is 2. The summed E-state index contributed by atoms with van der Waals surface area (Å²) < 4.78 is 17.6. The Bertz CT molecular complexity index is 805. The van der Waals surface area contributed by atoms with Crippen LogP contribution in [0.2, 0.25) is 0 Å². The molecular weight excluding hydrogens is 390 g/mol. The minimum Gasteiger partial charge on any atom is -0.494 e. The van der Waals surface area contributed by atoms with Gasteiger partial charge < -0.3 is 19.0 Å². The molecule has 0 saturated carbocycles. The van der Waals surface area contributed by atoms with E-state index in [9.17, 15) is 0 Å². The maximum Gasteiger partial charge on any atom is 0.125 e. The Morgan fingerprint density at radius 3 is 2.16 bits per heavy atom. The van der Waals surface area contributed by atoms with Crippen molar-refractivity contribution in [2.45, 2.75) is 46.5 Å². The van der Waals surface area contributed by atoms with Crippen molar-refractivity contribution in [1.82, 2.24) is 0 Å². The summed E-state index contributed by atoms with van der Waals surface area (Å²) in [6.07, 6.45) is 9.54.